The molecule has 0 saturated heterocycles. The summed E-state index contributed by atoms with van der Waals surface area (Å²) in [6.45, 7) is 1.89. The average Bonchev–Trinajstić information content (AvgIpc) is 2.84. The van der Waals surface area contributed by atoms with Gasteiger partial charge in [0, 0.05) is 11.9 Å². The highest BCUT2D eigenvalue weighted by Gasteiger charge is 2.17. The highest BCUT2D eigenvalue weighted by atomic mass is 16.5. The van der Waals surface area contributed by atoms with Gasteiger partial charge in [0.2, 0.25) is 5.88 Å². The number of fused-ring (bicyclic) bond motifs is 1. The molecule has 0 unspecified atom stereocenters. The van der Waals surface area contributed by atoms with Gasteiger partial charge in [0.25, 0.3) is 11.5 Å². The van der Waals surface area contributed by atoms with E-state index in [2.05, 4.69) is 10.3 Å². The minimum absolute atomic E-state index is 0.0301. The van der Waals surface area contributed by atoms with Gasteiger partial charge in [-0.2, -0.15) is 10.2 Å². The van der Waals surface area contributed by atoms with Gasteiger partial charge < -0.3 is 14.8 Å². The summed E-state index contributed by atoms with van der Waals surface area (Å²) in [5.74, 6) is 0.363. The molecular formula is C26H20N4O4. The highest BCUT2D eigenvalue weighted by molar-refractivity contribution is 6.09. The molecule has 2 aromatic heterocycles. The molecule has 4 rings (SSSR count). The molecule has 2 aromatic carbocycles. The molecule has 1 amide bonds. The molecule has 0 aliphatic rings. The summed E-state index contributed by atoms with van der Waals surface area (Å²) in [5, 5.41) is 12.3. The van der Waals surface area contributed by atoms with Crippen molar-refractivity contribution in [3.05, 3.63) is 100.0 Å². The second kappa shape index (κ2) is 9.71. The van der Waals surface area contributed by atoms with Crippen LogP contribution in [-0.4, -0.2) is 22.4 Å². The first kappa shape index (κ1) is 22.3. The maximum absolute atomic E-state index is 13.3. The molecule has 8 heteroatoms. The van der Waals surface area contributed by atoms with Gasteiger partial charge in [-0.1, -0.05) is 18.2 Å². The topological polar surface area (TPSA) is 106 Å². The van der Waals surface area contributed by atoms with Crippen LogP contribution in [0.4, 0.5) is 5.69 Å². The van der Waals surface area contributed by atoms with Crippen LogP contribution in [0.15, 0.2) is 83.3 Å². The van der Waals surface area contributed by atoms with Gasteiger partial charge in [0.15, 0.2) is 0 Å². The van der Waals surface area contributed by atoms with Gasteiger partial charge >= 0.3 is 0 Å². The van der Waals surface area contributed by atoms with Crippen molar-refractivity contribution < 1.29 is 14.3 Å². The molecule has 0 aliphatic carbocycles. The van der Waals surface area contributed by atoms with E-state index in [0.717, 1.165) is 5.56 Å². The minimum atomic E-state index is -0.652. The third kappa shape index (κ3) is 4.79. The predicted octanol–water partition coefficient (Wildman–Crippen LogP) is 4.35. The van der Waals surface area contributed by atoms with Crippen molar-refractivity contribution in [3.63, 3.8) is 0 Å². The first-order valence-corrected chi connectivity index (χ1v) is 10.3. The normalized spacial score (nSPS) is 11.0. The zero-order valence-corrected chi connectivity index (χ0v) is 18.5. The second-order valence-corrected chi connectivity index (χ2v) is 7.34. The van der Waals surface area contributed by atoms with Crippen LogP contribution in [0.1, 0.15) is 11.1 Å². The van der Waals surface area contributed by atoms with Crippen molar-refractivity contribution in [1.29, 1.82) is 5.26 Å². The largest absolute Gasteiger partial charge is 0.497 e. The van der Waals surface area contributed by atoms with Crippen LogP contribution in [0.3, 0.4) is 0 Å². The Hall–Kier alpha value is -4.90. The number of carbonyl (C=O) groups is 1. The molecule has 0 fully saturated rings. The molecule has 2 heterocycles. The lowest BCUT2D eigenvalue weighted by Gasteiger charge is -2.11. The Balaban J connectivity index is 1.78. The van der Waals surface area contributed by atoms with Crippen molar-refractivity contribution in [2.45, 2.75) is 6.92 Å². The Morgan fingerprint density at radius 2 is 1.85 bits per heavy atom. The van der Waals surface area contributed by atoms with Gasteiger partial charge in [0.05, 0.1) is 7.11 Å². The summed E-state index contributed by atoms with van der Waals surface area (Å²) in [4.78, 5) is 30.5. The third-order valence-corrected chi connectivity index (χ3v) is 4.94. The van der Waals surface area contributed by atoms with Crippen LogP contribution in [-0.2, 0) is 4.79 Å². The Kier molecular flexibility index (Phi) is 6.37. The van der Waals surface area contributed by atoms with Crippen molar-refractivity contribution in [3.8, 4) is 23.4 Å². The number of hydrogen-bond acceptors (Lipinski definition) is 6. The van der Waals surface area contributed by atoms with Crippen LogP contribution in [0.25, 0.3) is 11.7 Å². The maximum atomic E-state index is 13.3. The number of aryl methyl sites for hydroxylation is 1. The number of hydrogen-bond donors (Lipinski definition) is 1. The molecule has 4 aromatic rings. The summed E-state index contributed by atoms with van der Waals surface area (Å²) in [6.07, 6.45) is 2.75. The summed E-state index contributed by atoms with van der Waals surface area (Å²) in [5.41, 5.74) is 1.06. The van der Waals surface area contributed by atoms with E-state index in [-0.39, 0.29) is 17.0 Å². The van der Waals surface area contributed by atoms with E-state index < -0.39 is 11.5 Å². The van der Waals surface area contributed by atoms with E-state index in [4.69, 9.17) is 9.47 Å². The predicted molar refractivity (Wildman–Crippen MR) is 128 cm³/mol. The number of benzene rings is 2. The monoisotopic (exact) mass is 452 g/mol. The molecule has 0 saturated carbocycles. The van der Waals surface area contributed by atoms with E-state index >= 15 is 0 Å². The summed E-state index contributed by atoms with van der Waals surface area (Å²) < 4.78 is 12.4. The molecule has 34 heavy (non-hydrogen) atoms. The lowest BCUT2D eigenvalue weighted by atomic mass is 10.1. The van der Waals surface area contributed by atoms with Crippen LogP contribution in [0, 0.1) is 18.3 Å². The SMILES string of the molecule is COc1ccc(Oc2nc3ccccn3c(=O)c2C=C(C#N)C(=O)Nc2cccc(C)c2)cc1. The summed E-state index contributed by atoms with van der Waals surface area (Å²) in [7, 11) is 1.55. The minimum Gasteiger partial charge on any atom is -0.497 e. The smallest absolute Gasteiger partial charge is 0.269 e. The molecule has 0 radical (unpaired) electrons. The highest BCUT2D eigenvalue weighted by Crippen LogP contribution is 2.26. The zero-order chi connectivity index (χ0) is 24.1. The van der Waals surface area contributed by atoms with E-state index in [1.54, 1.807) is 74.0 Å². The van der Waals surface area contributed by atoms with E-state index in [1.165, 1.54) is 10.5 Å². The number of methoxy groups -OCH3 is 1. The van der Waals surface area contributed by atoms with Crippen LogP contribution in [0.5, 0.6) is 17.4 Å². The van der Waals surface area contributed by atoms with Crippen molar-refractivity contribution >= 4 is 23.3 Å². The fraction of sp³-hybridized carbons (Fsp3) is 0.0769. The standard InChI is InChI=1S/C26H20N4O4/c1-17-6-5-7-19(14-17)28-24(31)18(16-27)15-22-25(34-21-11-9-20(33-2)10-12-21)29-23-8-3-4-13-30(23)26(22)32/h3-15H,1-2H3,(H,28,31). The Labute approximate surface area is 195 Å². The molecule has 1 N–H and O–H groups in total. The van der Waals surface area contributed by atoms with Crippen LogP contribution in [0.2, 0.25) is 0 Å². The van der Waals surface area contributed by atoms with Gasteiger partial charge in [-0.05, 0) is 67.1 Å². The summed E-state index contributed by atoms with van der Waals surface area (Å²) in [6, 6.07) is 20.9. The van der Waals surface area contributed by atoms with Crippen molar-refractivity contribution in [1.82, 2.24) is 9.38 Å². The fourth-order valence-corrected chi connectivity index (χ4v) is 3.25. The number of rotatable bonds is 6. The molecule has 0 bridgehead atoms. The van der Waals surface area contributed by atoms with E-state index in [9.17, 15) is 14.9 Å². The number of nitrogens with zero attached hydrogens (tertiary/aromatic N) is 3. The lowest BCUT2D eigenvalue weighted by Crippen LogP contribution is -2.20. The number of carbonyl (C=O) groups excluding carboxylic acids is 1. The number of nitriles is 1. The Bertz CT molecular complexity index is 1500. The third-order valence-electron chi connectivity index (χ3n) is 4.94. The molecule has 0 spiro atoms. The van der Waals surface area contributed by atoms with Gasteiger partial charge in [0.1, 0.15) is 34.4 Å². The maximum Gasteiger partial charge on any atom is 0.269 e. The van der Waals surface area contributed by atoms with Crippen LogP contribution >= 0.6 is 0 Å². The Morgan fingerprint density at radius 3 is 2.56 bits per heavy atom. The lowest BCUT2D eigenvalue weighted by molar-refractivity contribution is -0.112. The molecular weight excluding hydrogens is 432 g/mol. The molecule has 0 atom stereocenters. The van der Waals surface area contributed by atoms with Gasteiger partial charge in [-0.25, -0.2) is 0 Å². The quantitative estimate of drug-likeness (QED) is 0.344. The number of amides is 1. The van der Waals surface area contributed by atoms with Crippen molar-refractivity contribution in [2.75, 3.05) is 12.4 Å². The number of ether oxygens (including phenoxy) is 2. The Morgan fingerprint density at radius 1 is 1.09 bits per heavy atom. The second-order valence-electron chi connectivity index (χ2n) is 7.34. The molecule has 168 valence electrons. The first-order chi connectivity index (χ1) is 16.5. The fourth-order valence-electron chi connectivity index (χ4n) is 3.25. The van der Waals surface area contributed by atoms with E-state index in [0.29, 0.717) is 22.8 Å². The van der Waals surface area contributed by atoms with Crippen molar-refractivity contribution in [2.24, 2.45) is 0 Å². The number of anilines is 1. The van der Waals surface area contributed by atoms with Crippen LogP contribution < -0.4 is 20.3 Å². The average molecular weight is 452 g/mol. The van der Waals surface area contributed by atoms with Gasteiger partial charge in [-0.15, -0.1) is 0 Å². The zero-order valence-electron chi connectivity index (χ0n) is 18.5. The number of nitrogens with one attached hydrogen (secondary N) is 1. The first-order valence-electron chi connectivity index (χ1n) is 10.3. The molecule has 0 aliphatic heterocycles. The number of pyridine rings is 1. The van der Waals surface area contributed by atoms with E-state index in [1.807, 2.05) is 19.1 Å². The summed E-state index contributed by atoms with van der Waals surface area (Å²) >= 11 is 0. The van der Waals surface area contributed by atoms with Gasteiger partial charge in [-0.3, -0.25) is 14.0 Å². The number of aromatic nitrogens is 2. The molecule has 8 nitrogen and oxygen atoms in total.